The zero-order valence-corrected chi connectivity index (χ0v) is 14.1. The summed E-state index contributed by atoms with van der Waals surface area (Å²) in [5.74, 6) is 1.37. The number of amides is 1. The first kappa shape index (κ1) is 17.8. The highest BCUT2D eigenvalue weighted by Gasteiger charge is 2.29. The molecule has 128 valence electrons. The molecule has 0 aliphatic carbocycles. The average Bonchev–Trinajstić information content (AvgIpc) is 3.03. The van der Waals surface area contributed by atoms with E-state index in [1.165, 1.54) is 5.56 Å². The summed E-state index contributed by atoms with van der Waals surface area (Å²) in [6, 6.07) is 8.04. The fourth-order valence-corrected chi connectivity index (χ4v) is 2.53. The second-order valence-electron chi connectivity index (χ2n) is 6.45. The van der Waals surface area contributed by atoms with Crippen molar-refractivity contribution < 1.29 is 14.3 Å². The zero-order chi connectivity index (χ0) is 16.7. The third-order valence-electron chi connectivity index (χ3n) is 3.88. The number of hydrogen-bond acceptors (Lipinski definition) is 4. The van der Waals surface area contributed by atoms with Gasteiger partial charge in [-0.1, -0.05) is 26.0 Å². The molecule has 0 unspecified atom stereocenters. The molecule has 5 nitrogen and oxygen atoms in total. The Balaban J connectivity index is 1.68. The van der Waals surface area contributed by atoms with E-state index in [1.54, 1.807) is 0 Å². The normalized spacial score (nSPS) is 20.7. The van der Waals surface area contributed by atoms with Crippen LogP contribution in [0.3, 0.4) is 0 Å². The van der Waals surface area contributed by atoms with Crippen LogP contribution in [0.15, 0.2) is 24.3 Å². The van der Waals surface area contributed by atoms with E-state index in [9.17, 15) is 4.79 Å². The third-order valence-corrected chi connectivity index (χ3v) is 3.88. The number of nitrogens with two attached hydrogens (primary N) is 1. The van der Waals surface area contributed by atoms with Gasteiger partial charge in [0.2, 0.25) is 5.91 Å². The van der Waals surface area contributed by atoms with E-state index in [0.717, 1.165) is 31.6 Å². The molecule has 5 heteroatoms. The first-order valence-electron chi connectivity index (χ1n) is 8.43. The number of ether oxygens (including phenoxy) is 2. The molecule has 1 amide bonds. The Labute approximate surface area is 138 Å². The smallest absolute Gasteiger partial charge is 0.249 e. The fraction of sp³-hybridized carbons (Fsp3) is 0.611. The van der Waals surface area contributed by atoms with Gasteiger partial charge in [-0.3, -0.25) is 4.79 Å². The molecule has 0 radical (unpaired) electrons. The zero-order valence-electron chi connectivity index (χ0n) is 14.1. The lowest BCUT2D eigenvalue weighted by Crippen LogP contribution is -2.36. The molecule has 1 saturated heterocycles. The second kappa shape index (κ2) is 8.89. The predicted molar refractivity (Wildman–Crippen MR) is 90.4 cm³/mol. The molecule has 1 aliphatic heterocycles. The summed E-state index contributed by atoms with van der Waals surface area (Å²) in [4.78, 5) is 12.0. The summed E-state index contributed by atoms with van der Waals surface area (Å²) in [5.41, 5.74) is 6.73. The van der Waals surface area contributed by atoms with Gasteiger partial charge in [-0.25, -0.2) is 0 Å². The Kier molecular flexibility index (Phi) is 6.86. The first-order valence-corrected chi connectivity index (χ1v) is 8.43. The SMILES string of the molecule is CC(C)COc1ccc(CCNC(=O)[C@@H]2CC[C@H](CN)O2)cc1. The average molecular weight is 320 g/mol. The molecule has 0 spiro atoms. The monoisotopic (exact) mass is 320 g/mol. The molecule has 2 rings (SSSR count). The van der Waals surface area contributed by atoms with Crippen molar-refractivity contribution in [2.45, 2.75) is 45.3 Å². The Morgan fingerprint density at radius 2 is 2.09 bits per heavy atom. The molecule has 3 N–H and O–H groups in total. The van der Waals surface area contributed by atoms with Crippen LogP contribution in [0.2, 0.25) is 0 Å². The maximum Gasteiger partial charge on any atom is 0.249 e. The van der Waals surface area contributed by atoms with Crippen LogP contribution in [-0.2, 0) is 16.0 Å². The van der Waals surface area contributed by atoms with Gasteiger partial charge in [0.05, 0.1) is 12.7 Å². The molecule has 1 aliphatic rings. The van der Waals surface area contributed by atoms with Crippen LogP contribution in [-0.4, -0.2) is 37.8 Å². The van der Waals surface area contributed by atoms with Crippen molar-refractivity contribution in [1.29, 1.82) is 0 Å². The lowest BCUT2D eigenvalue weighted by atomic mass is 10.1. The minimum atomic E-state index is -0.338. The lowest BCUT2D eigenvalue weighted by molar-refractivity contribution is -0.131. The van der Waals surface area contributed by atoms with Crippen LogP contribution in [0.5, 0.6) is 5.75 Å². The van der Waals surface area contributed by atoms with Gasteiger partial charge in [0, 0.05) is 13.1 Å². The number of hydrogen-bond donors (Lipinski definition) is 2. The fourth-order valence-electron chi connectivity index (χ4n) is 2.53. The number of carbonyl (C=O) groups is 1. The molecule has 23 heavy (non-hydrogen) atoms. The summed E-state index contributed by atoms with van der Waals surface area (Å²) in [7, 11) is 0. The predicted octanol–water partition coefficient (Wildman–Crippen LogP) is 1.89. The van der Waals surface area contributed by atoms with Crippen molar-refractivity contribution in [2.24, 2.45) is 11.7 Å². The summed E-state index contributed by atoms with van der Waals surface area (Å²) in [5, 5.41) is 2.94. The topological polar surface area (TPSA) is 73.6 Å². The van der Waals surface area contributed by atoms with Crippen LogP contribution in [0.25, 0.3) is 0 Å². The first-order chi connectivity index (χ1) is 11.1. The Bertz CT molecular complexity index is 488. The molecule has 1 aromatic carbocycles. The molecule has 1 fully saturated rings. The van der Waals surface area contributed by atoms with Crippen LogP contribution in [0.4, 0.5) is 0 Å². The van der Waals surface area contributed by atoms with Crippen molar-refractivity contribution in [2.75, 3.05) is 19.7 Å². The van der Waals surface area contributed by atoms with Gasteiger partial charge < -0.3 is 20.5 Å². The van der Waals surface area contributed by atoms with E-state index in [1.807, 2.05) is 24.3 Å². The number of nitrogens with one attached hydrogen (secondary N) is 1. The van der Waals surface area contributed by atoms with E-state index >= 15 is 0 Å². The molecule has 0 saturated carbocycles. The van der Waals surface area contributed by atoms with Gasteiger partial charge >= 0.3 is 0 Å². The van der Waals surface area contributed by atoms with E-state index in [-0.39, 0.29) is 18.1 Å². The molecular weight excluding hydrogens is 292 g/mol. The molecule has 0 bridgehead atoms. The van der Waals surface area contributed by atoms with Crippen LogP contribution < -0.4 is 15.8 Å². The highest BCUT2D eigenvalue weighted by atomic mass is 16.5. The van der Waals surface area contributed by atoms with Crippen molar-refractivity contribution >= 4 is 5.91 Å². The number of rotatable bonds is 8. The minimum Gasteiger partial charge on any atom is -0.493 e. The maximum absolute atomic E-state index is 12.0. The second-order valence-corrected chi connectivity index (χ2v) is 6.45. The van der Waals surface area contributed by atoms with Gasteiger partial charge in [-0.05, 0) is 42.9 Å². The lowest BCUT2D eigenvalue weighted by Gasteiger charge is -2.13. The van der Waals surface area contributed by atoms with Crippen molar-refractivity contribution in [3.63, 3.8) is 0 Å². The molecular formula is C18H28N2O3. The molecule has 1 aromatic rings. The number of benzene rings is 1. The summed E-state index contributed by atoms with van der Waals surface area (Å²) < 4.78 is 11.2. The molecule has 0 aromatic heterocycles. The van der Waals surface area contributed by atoms with Gasteiger partial charge in [0.1, 0.15) is 11.9 Å². The van der Waals surface area contributed by atoms with Gasteiger partial charge in [0.15, 0.2) is 0 Å². The van der Waals surface area contributed by atoms with Crippen LogP contribution >= 0.6 is 0 Å². The minimum absolute atomic E-state index is 0.0298. The number of carbonyl (C=O) groups excluding carboxylic acids is 1. The molecule has 2 atom stereocenters. The largest absolute Gasteiger partial charge is 0.493 e. The highest BCUT2D eigenvalue weighted by molar-refractivity contribution is 5.81. The van der Waals surface area contributed by atoms with Gasteiger partial charge in [0.25, 0.3) is 0 Å². The van der Waals surface area contributed by atoms with E-state index < -0.39 is 0 Å². The maximum atomic E-state index is 12.0. The quantitative estimate of drug-likeness (QED) is 0.767. The molecule has 1 heterocycles. The Hall–Kier alpha value is -1.59. The standard InChI is InChI=1S/C18H28N2O3/c1-13(2)12-22-15-5-3-14(4-6-15)9-10-20-18(21)17-8-7-16(11-19)23-17/h3-6,13,16-17H,7-12,19H2,1-2H3,(H,20,21)/t16-,17+/m1/s1. The van der Waals surface area contributed by atoms with E-state index in [4.69, 9.17) is 15.2 Å². The van der Waals surface area contributed by atoms with E-state index in [0.29, 0.717) is 19.0 Å². The highest BCUT2D eigenvalue weighted by Crippen LogP contribution is 2.19. The summed E-state index contributed by atoms with van der Waals surface area (Å²) in [6.07, 6.45) is 2.12. The van der Waals surface area contributed by atoms with Crippen molar-refractivity contribution in [1.82, 2.24) is 5.32 Å². The van der Waals surface area contributed by atoms with Crippen molar-refractivity contribution in [3.8, 4) is 5.75 Å². The Morgan fingerprint density at radius 1 is 1.35 bits per heavy atom. The van der Waals surface area contributed by atoms with Crippen molar-refractivity contribution in [3.05, 3.63) is 29.8 Å². The van der Waals surface area contributed by atoms with Gasteiger partial charge in [-0.15, -0.1) is 0 Å². The van der Waals surface area contributed by atoms with Crippen LogP contribution in [0, 0.1) is 5.92 Å². The van der Waals surface area contributed by atoms with E-state index in [2.05, 4.69) is 19.2 Å². The third kappa shape index (κ3) is 5.84. The Morgan fingerprint density at radius 3 is 2.70 bits per heavy atom. The van der Waals surface area contributed by atoms with Gasteiger partial charge in [-0.2, -0.15) is 0 Å². The summed E-state index contributed by atoms with van der Waals surface area (Å²) >= 11 is 0. The van der Waals surface area contributed by atoms with Crippen LogP contribution in [0.1, 0.15) is 32.3 Å². The summed E-state index contributed by atoms with van der Waals surface area (Å²) in [6.45, 7) is 6.06.